The molecule has 1 amide bonds. The third-order valence-electron chi connectivity index (χ3n) is 5.14. The van der Waals surface area contributed by atoms with Crippen molar-refractivity contribution in [3.05, 3.63) is 96.9 Å². The first-order valence-corrected chi connectivity index (χ1v) is 10.4. The number of rotatable bonds is 3. The molecule has 1 atom stereocenters. The van der Waals surface area contributed by atoms with Gasteiger partial charge in [-0.05, 0) is 17.2 Å². The first-order chi connectivity index (χ1) is 14.9. The van der Waals surface area contributed by atoms with E-state index in [-0.39, 0.29) is 22.9 Å². The Morgan fingerprint density at radius 1 is 1.13 bits per heavy atom. The Labute approximate surface area is 183 Å². The summed E-state index contributed by atoms with van der Waals surface area (Å²) < 4.78 is 2.20. The zero-order chi connectivity index (χ0) is 22.1. The smallest absolute Gasteiger partial charge is 0.274 e. The highest BCUT2D eigenvalue weighted by atomic mass is 32.1. The number of hydrogen-bond donors (Lipinski definition) is 1. The minimum atomic E-state index is -0.649. The van der Waals surface area contributed by atoms with Crippen molar-refractivity contribution < 1.29 is 4.79 Å². The lowest BCUT2D eigenvalue weighted by atomic mass is 9.83. The van der Waals surface area contributed by atoms with Crippen molar-refractivity contribution in [3.8, 4) is 6.07 Å². The summed E-state index contributed by atoms with van der Waals surface area (Å²) in [5.74, 6) is -0.852. The molecule has 1 aliphatic heterocycles. The Kier molecular flexibility index (Phi) is 5.32. The maximum absolute atomic E-state index is 13.3. The second-order valence-electron chi connectivity index (χ2n) is 7.33. The van der Waals surface area contributed by atoms with E-state index < -0.39 is 5.92 Å². The second-order valence-corrected chi connectivity index (χ2v) is 8.37. The van der Waals surface area contributed by atoms with E-state index in [1.807, 2.05) is 60.7 Å². The first-order valence-electron chi connectivity index (χ1n) is 9.63. The van der Waals surface area contributed by atoms with Crippen LogP contribution >= 0.6 is 11.3 Å². The molecule has 3 aromatic rings. The number of nitrogens with zero attached hydrogens (tertiary/aromatic N) is 3. The third-order valence-corrected chi connectivity index (χ3v) is 6.24. The van der Waals surface area contributed by atoms with E-state index in [9.17, 15) is 14.9 Å². The highest BCUT2D eigenvalue weighted by molar-refractivity contribution is 7.07. The van der Waals surface area contributed by atoms with Crippen LogP contribution in [0, 0.1) is 11.3 Å². The molecule has 0 spiro atoms. The van der Waals surface area contributed by atoms with Crippen LogP contribution in [0.25, 0.3) is 17.5 Å². The van der Waals surface area contributed by atoms with Crippen LogP contribution in [0.4, 0.5) is 0 Å². The first kappa shape index (κ1) is 20.4. The summed E-state index contributed by atoms with van der Waals surface area (Å²) in [6, 6.07) is 20.9. The van der Waals surface area contributed by atoms with E-state index in [0.29, 0.717) is 14.8 Å². The summed E-state index contributed by atoms with van der Waals surface area (Å²) in [6.45, 7) is 0. The number of carbonyl (C=O) groups is 1. The maximum atomic E-state index is 13.3. The van der Waals surface area contributed by atoms with Gasteiger partial charge in [0.15, 0.2) is 0 Å². The van der Waals surface area contributed by atoms with Crippen molar-refractivity contribution in [3.63, 3.8) is 0 Å². The van der Waals surface area contributed by atoms with Crippen molar-refractivity contribution in [2.75, 3.05) is 14.1 Å². The fourth-order valence-electron chi connectivity index (χ4n) is 3.67. The molecule has 154 valence electrons. The minimum Gasteiger partial charge on any atom is -0.384 e. The standard InChI is InChI=1S/C24H20N4O2S/c1-27(2)23(30)20-19(16-11-7-4-8-12-16)17(14-25)21(26)28-22(29)18(31-24(20)28)13-15-9-5-3-6-10-15/h3-13,19H,26H2,1-2H3/b18-13+. The number of amides is 1. The number of benzene rings is 2. The van der Waals surface area contributed by atoms with E-state index in [2.05, 4.69) is 6.07 Å². The molecule has 0 aliphatic carbocycles. The lowest BCUT2D eigenvalue weighted by Crippen LogP contribution is -2.41. The number of fused-ring (bicyclic) bond motifs is 1. The topological polar surface area (TPSA) is 92.1 Å². The molecule has 2 N–H and O–H groups in total. The van der Waals surface area contributed by atoms with Crippen molar-refractivity contribution in [1.82, 2.24) is 9.47 Å². The summed E-state index contributed by atoms with van der Waals surface area (Å²) in [6.07, 6.45) is 1.77. The van der Waals surface area contributed by atoms with E-state index >= 15 is 0 Å². The second kappa shape index (κ2) is 8.09. The van der Waals surface area contributed by atoms with Gasteiger partial charge in [-0.25, -0.2) is 0 Å². The number of nitrogens with two attached hydrogens (primary N) is 1. The van der Waals surface area contributed by atoms with Crippen LogP contribution in [0.5, 0.6) is 0 Å². The van der Waals surface area contributed by atoms with Gasteiger partial charge in [0.25, 0.3) is 11.5 Å². The summed E-state index contributed by atoms with van der Waals surface area (Å²) >= 11 is 1.21. The molecular formula is C24H20N4O2S. The monoisotopic (exact) mass is 428 g/mol. The number of thiazole rings is 1. The number of nitriles is 1. The summed E-state index contributed by atoms with van der Waals surface area (Å²) in [5.41, 5.74) is 8.20. The third kappa shape index (κ3) is 3.47. The predicted octanol–water partition coefficient (Wildman–Crippen LogP) is 1.43. The highest BCUT2D eigenvalue weighted by Crippen LogP contribution is 2.36. The van der Waals surface area contributed by atoms with Crippen molar-refractivity contribution in [2.45, 2.75) is 5.92 Å². The highest BCUT2D eigenvalue weighted by Gasteiger charge is 2.36. The molecule has 1 unspecified atom stereocenters. The summed E-state index contributed by atoms with van der Waals surface area (Å²) in [7, 11) is 3.30. The Morgan fingerprint density at radius 3 is 2.32 bits per heavy atom. The predicted molar refractivity (Wildman–Crippen MR) is 122 cm³/mol. The molecule has 6 nitrogen and oxygen atoms in total. The Hall–Kier alpha value is -3.89. The summed E-state index contributed by atoms with van der Waals surface area (Å²) in [4.78, 5) is 28.0. The molecule has 31 heavy (non-hydrogen) atoms. The molecule has 0 saturated heterocycles. The van der Waals surface area contributed by atoms with Crippen LogP contribution in [0.1, 0.15) is 17.0 Å². The summed E-state index contributed by atoms with van der Waals surface area (Å²) in [5, 5.41) is 9.94. The normalized spacial score (nSPS) is 16.1. The molecule has 0 radical (unpaired) electrons. The Morgan fingerprint density at radius 2 is 1.74 bits per heavy atom. The van der Waals surface area contributed by atoms with Crippen molar-refractivity contribution in [2.24, 2.45) is 5.73 Å². The molecule has 0 fully saturated rings. The molecule has 1 aliphatic rings. The van der Waals surface area contributed by atoms with Gasteiger partial charge in [-0.2, -0.15) is 5.26 Å². The number of allylic oxidation sites excluding steroid dienone is 1. The maximum Gasteiger partial charge on any atom is 0.274 e. The van der Waals surface area contributed by atoms with E-state index in [1.165, 1.54) is 20.8 Å². The Balaban J connectivity index is 2.13. The molecule has 2 heterocycles. The largest absolute Gasteiger partial charge is 0.384 e. The minimum absolute atomic E-state index is 0.0654. The quantitative estimate of drug-likeness (QED) is 0.683. The molecule has 4 rings (SSSR count). The van der Waals surface area contributed by atoms with Gasteiger partial charge in [0.1, 0.15) is 10.5 Å². The fourth-order valence-corrected chi connectivity index (χ4v) is 4.84. The lowest BCUT2D eigenvalue weighted by molar-refractivity contribution is -0.123. The van der Waals surface area contributed by atoms with Gasteiger partial charge in [0.2, 0.25) is 0 Å². The SMILES string of the molecule is CN(C)C(=O)C1=c2s/c(=C/c3ccccc3)c(=O)n2C(N)=C(C#N)C1c1ccccc1. The molecule has 7 heteroatoms. The van der Waals surface area contributed by atoms with E-state index in [1.54, 1.807) is 20.2 Å². The molecular weight excluding hydrogens is 408 g/mol. The van der Waals surface area contributed by atoms with Crippen LogP contribution < -0.4 is 20.5 Å². The van der Waals surface area contributed by atoms with E-state index in [4.69, 9.17) is 5.73 Å². The molecule has 1 aromatic heterocycles. The van der Waals surface area contributed by atoms with Gasteiger partial charge in [-0.15, -0.1) is 11.3 Å². The van der Waals surface area contributed by atoms with Gasteiger partial charge in [-0.3, -0.25) is 14.2 Å². The average Bonchev–Trinajstić information content (AvgIpc) is 3.10. The van der Waals surface area contributed by atoms with Crippen LogP contribution in [-0.4, -0.2) is 29.5 Å². The average molecular weight is 429 g/mol. The van der Waals surface area contributed by atoms with E-state index in [0.717, 1.165) is 11.1 Å². The zero-order valence-corrected chi connectivity index (χ0v) is 17.9. The van der Waals surface area contributed by atoms with Crippen LogP contribution in [0.2, 0.25) is 0 Å². The number of hydrogen-bond acceptors (Lipinski definition) is 5. The van der Waals surface area contributed by atoms with Gasteiger partial charge >= 0.3 is 0 Å². The molecule has 2 aromatic carbocycles. The lowest BCUT2D eigenvalue weighted by Gasteiger charge is -2.26. The van der Waals surface area contributed by atoms with Crippen LogP contribution in [0.3, 0.4) is 0 Å². The van der Waals surface area contributed by atoms with Crippen LogP contribution in [0.15, 0.2) is 71.0 Å². The van der Waals surface area contributed by atoms with Gasteiger partial charge < -0.3 is 10.6 Å². The van der Waals surface area contributed by atoms with Crippen LogP contribution in [-0.2, 0) is 4.79 Å². The molecule has 0 bridgehead atoms. The van der Waals surface area contributed by atoms with Gasteiger partial charge in [-0.1, -0.05) is 60.7 Å². The van der Waals surface area contributed by atoms with Gasteiger partial charge in [0.05, 0.1) is 27.7 Å². The zero-order valence-electron chi connectivity index (χ0n) is 17.1. The Bertz CT molecular complexity index is 1410. The van der Waals surface area contributed by atoms with Crippen molar-refractivity contribution >= 4 is 34.7 Å². The fraction of sp³-hybridized carbons (Fsp3) is 0.125. The molecule has 0 saturated carbocycles. The number of aromatic nitrogens is 1. The van der Waals surface area contributed by atoms with Crippen molar-refractivity contribution in [1.29, 1.82) is 5.26 Å². The number of carbonyl (C=O) groups excluding carboxylic acids is 1. The van der Waals surface area contributed by atoms with Gasteiger partial charge in [0, 0.05) is 14.1 Å².